The Kier molecular flexibility index (Phi) is 7.22. The number of carbonyl (C=O) groups excluding carboxylic acids is 1. The van der Waals surface area contributed by atoms with Gasteiger partial charge >= 0.3 is 12.4 Å². The van der Waals surface area contributed by atoms with Gasteiger partial charge in [0.15, 0.2) is 5.75 Å². The van der Waals surface area contributed by atoms with Gasteiger partial charge in [-0.3, -0.25) is 4.68 Å². The van der Waals surface area contributed by atoms with E-state index in [0.29, 0.717) is 5.69 Å². The summed E-state index contributed by atoms with van der Waals surface area (Å²) in [7, 11) is 3.89. The molecule has 1 saturated heterocycles. The lowest BCUT2D eigenvalue weighted by atomic mass is 10.1. The monoisotopic (exact) mass is 552 g/mol. The smallest absolute Gasteiger partial charge is 0.404 e. The van der Waals surface area contributed by atoms with Crippen molar-refractivity contribution < 1.29 is 22.7 Å². The molecule has 0 atom stereocenters. The minimum Gasteiger partial charge on any atom is -0.404 e. The van der Waals surface area contributed by atoms with Gasteiger partial charge < -0.3 is 25.2 Å². The Bertz CT molecular complexity index is 1190. The Hall–Kier alpha value is -3.25. The van der Waals surface area contributed by atoms with Crippen LogP contribution in [0.15, 0.2) is 53.1 Å². The highest BCUT2D eigenvalue weighted by atomic mass is 79.9. The van der Waals surface area contributed by atoms with E-state index in [1.807, 2.05) is 19.2 Å². The second-order valence-corrected chi connectivity index (χ2v) is 9.00. The van der Waals surface area contributed by atoms with Gasteiger partial charge in [-0.15, -0.1) is 13.2 Å². The number of anilines is 3. The molecular weight excluding hydrogens is 529 g/mol. The van der Waals surface area contributed by atoms with Crippen LogP contribution in [0.3, 0.4) is 0 Å². The normalized spacial score (nSPS) is 14.6. The summed E-state index contributed by atoms with van der Waals surface area (Å²) in [6.45, 7) is 3.44. The first kappa shape index (κ1) is 24.9. The number of hydrogen-bond donors (Lipinski definition) is 2. The molecule has 1 aliphatic rings. The van der Waals surface area contributed by atoms with Crippen LogP contribution in [0.2, 0.25) is 0 Å². The van der Waals surface area contributed by atoms with Crippen molar-refractivity contribution in [2.75, 3.05) is 48.8 Å². The molecule has 3 aromatic rings. The highest BCUT2D eigenvalue weighted by molar-refractivity contribution is 9.10. The van der Waals surface area contributed by atoms with Crippen molar-refractivity contribution in [3.8, 4) is 17.0 Å². The average molecular weight is 553 g/mol. The molecule has 0 saturated carbocycles. The minimum absolute atomic E-state index is 0.104. The quantitative estimate of drug-likeness (QED) is 0.458. The first-order valence-corrected chi connectivity index (χ1v) is 11.6. The zero-order valence-corrected chi connectivity index (χ0v) is 20.7. The topological polar surface area (TPSA) is 74.7 Å². The predicted octanol–water partition coefficient (Wildman–Crippen LogP) is 5.14. The molecule has 0 radical (unpaired) electrons. The number of rotatable bonds is 5. The van der Waals surface area contributed by atoms with Crippen molar-refractivity contribution in [3.63, 3.8) is 0 Å². The number of para-hydroxylation sites is 2. The Morgan fingerprint density at radius 3 is 2.43 bits per heavy atom. The van der Waals surface area contributed by atoms with E-state index in [0.717, 1.165) is 53.7 Å². The fraction of sp³-hybridized carbons (Fsp3) is 0.304. The lowest BCUT2D eigenvalue weighted by molar-refractivity contribution is -0.274. The number of likely N-dealkylation sites (N-methyl/N-ethyl adjacent to an activating group) is 1. The number of carbonyl (C=O) groups is 1. The number of hydrogen-bond acceptors (Lipinski definition) is 5. The number of piperazine rings is 1. The molecule has 1 fully saturated rings. The van der Waals surface area contributed by atoms with E-state index in [4.69, 9.17) is 0 Å². The molecule has 2 N–H and O–H groups in total. The van der Waals surface area contributed by atoms with Gasteiger partial charge in [0, 0.05) is 50.2 Å². The van der Waals surface area contributed by atoms with Gasteiger partial charge in [-0.2, -0.15) is 5.10 Å². The number of halogens is 4. The molecule has 0 bridgehead atoms. The fourth-order valence-electron chi connectivity index (χ4n) is 3.87. The largest absolute Gasteiger partial charge is 0.573 e. The lowest BCUT2D eigenvalue weighted by Gasteiger charge is -2.34. The van der Waals surface area contributed by atoms with E-state index in [1.54, 1.807) is 16.9 Å². The van der Waals surface area contributed by atoms with Crippen LogP contribution in [-0.2, 0) is 7.05 Å². The van der Waals surface area contributed by atoms with Gasteiger partial charge in [-0.1, -0.05) is 12.1 Å². The number of alkyl halides is 3. The van der Waals surface area contributed by atoms with Crippen molar-refractivity contribution in [2.24, 2.45) is 7.05 Å². The van der Waals surface area contributed by atoms with Gasteiger partial charge in [0.1, 0.15) is 0 Å². The average Bonchev–Trinajstić information content (AvgIpc) is 3.12. The van der Waals surface area contributed by atoms with E-state index in [1.165, 1.54) is 18.2 Å². The molecule has 0 unspecified atom stereocenters. The van der Waals surface area contributed by atoms with Crippen LogP contribution in [-0.4, -0.2) is 60.3 Å². The summed E-state index contributed by atoms with van der Waals surface area (Å²) >= 11 is 3.52. The van der Waals surface area contributed by atoms with E-state index in [9.17, 15) is 18.0 Å². The SMILES string of the molecule is CN1CCN(c2cc(NC(=O)Nc3ccccc3OC(F)(F)F)cc(-c3c(Br)cnn3C)c2)CC1. The second-order valence-electron chi connectivity index (χ2n) is 8.15. The molecule has 1 aromatic heterocycles. The van der Waals surface area contributed by atoms with Crippen LogP contribution in [0, 0.1) is 0 Å². The molecule has 12 heteroatoms. The third-order valence-electron chi connectivity index (χ3n) is 5.57. The van der Waals surface area contributed by atoms with Crippen LogP contribution >= 0.6 is 15.9 Å². The fourth-order valence-corrected chi connectivity index (χ4v) is 4.45. The third kappa shape index (κ3) is 6.25. The number of aromatic nitrogens is 2. The maximum atomic E-state index is 12.8. The molecule has 0 aliphatic carbocycles. The number of benzene rings is 2. The number of nitrogens with one attached hydrogen (secondary N) is 2. The number of ether oxygens (including phenoxy) is 1. The van der Waals surface area contributed by atoms with Crippen LogP contribution < -0.4 is 20.3 Å². The first-order chi connectivity index (χ1) is 16.6. The van der Waals surface area contributed by atoms with Crippen LogP contribution in [0.4, 0.5) is 35.0 Å². The Balaban J connectivity index is 1.61. The standard InChI is InChI=1S/C23H24BrF3N6O2/c1-31-7-9-33(10-8-31)17-12-15(21-18(24)14-28-32(21)2)11-16(13-17)29-22(34)30-19-5-3-4-6-20(19)35-23(25,26)27/h3-6,11-14H,7-10H2,1-2H3,(H2,29,30,34). The molecule has 0 spiro atoms. The highest BCUT2D eigenvalue weighted by Gasteiger charge is 2.32. The number of aryl methyl sites for hydroxylation is 1. The van der Waals surface area contributed by atoms with Gasteiger partial charge in [-0.25, -0.2) is 4.79 Å². The van der Waals surface area contributed by atoms with Gasteiger partial charge in [0.2, 0.25) is 0 Å². The van der Waals surface area contributed by atoms with E-state index in [-0.39, 0.29) is 5.69 Å². The third-order valence-corrected chi connectivity index (χ3v) is 6.15. The highest BCUT2D eigenvalue weighted by Crippen LogP contribution is 2.34. The van der Waals surface area contributed by atoms with E-state index in [2.05, 4.69) is 53.2 Å². The molecule has 35 heavy (non-hydrogen) atoms. The molecule has 1 aliphatic heterocycles. The number of urea groups is 1. The summed E-state index contributed by atoms with van der Waals surface area (Å²) in [6, 6.07) is 10.3. The summed E-state index contributed by atoms with van der Waals surface area (Å²) in [4.78, 5) is 17.2. The zero-order valence-electron chi connectivity index (χ0n) is 19.1. The molecule has 8 nitrogen and oxygen atoms in total. The molecule has 2 amide bonds. The van der Waals surface area contributed by atoms with Crippen molar-refractivity contribution in [1.29, 1.82) is 0 Å². The first-order valence-electron chi connectivity index (χ1n) is 10.8. The maximum absolute atomic E-state index is 12.8. The van der Waals surface area contributed by atoms with Crippen LogP contribution in [0.5, 0.6) is 5.75 Å². The molecule has 2 aromatic carbocycles. The van der Waals surface area contributed by atoms with E-state index < -0.39 is 18.1 Å². The number of nitrogens with zero attached hydrogens (tertiary/aromatic N) is 4. The summed E-state index contributed by atoms with van der Waals surface area (Å²) in [5.74, 6) is -0.499. The second kappa shape index (κ2) is 10.2. The van der Waals surface area contributed by atoms with Crippen molar-refractivity contribution >= 4 is 39.0 Å². The molecule has 186 valence electrons. The predicted molar refractivity (Wildman–Crippen MR) is 132 cm³/mol. The molecular formula is C23H24BrF3N6O2. The lowest BCUT2D eigenvalue weighted by Crippen LogP contribution is -2.44. The van der Waals surface area contributed by atoms with Crippen molar-refractivity contribution in [3.05, 3.63) is 53.1 Å². The Morgan fingerprint density at radius 1 is 1.06 bits per heavy atom. The molecule has 4 rings (SSSR count). The molecule has 2 heterocycles. The van der Waals surface area contributed by atoms with E-state index >= 15 is 0 Å². The van der Waals surface area contributed by atoms with Gasteiger partial charge in [0.25, 0.3) is 0 Å². The zero-order chi connectivity index (χ0) is 25.2. The Morgan fingerprint density at radius 2 is 1.77 bits per heavy atom. The summed E-state index contributed by atoms with van der Waals surface area (Å²) < 4.78 is 44.7. The summed E-state index contributed by atoms with van der Waals surface area (Å²) in [5, 5.41) is 9.46. The number of amides is 2. The minimum atomic E-state index is -4.88. The van der Waals surface area contributed by atoms with Crippen molar-refractivity contribution in [1.82, 2.24) is 14.7 Å². The summed E-state index contributed by atoms with van der Waals surface area (Å²) in [5.41, 5.74) is 2.95. The summed E-state index contributed by atoms with van der Waals surface area (Å²) in [6.07, 6.45) is -3.19. The van der Waals surface area contributed by atoms with Crippen LogP contribution in [0.25, 0.3) is 11.3 Å². The maximum Gasteiger partial charge on any atom is 0.573 e. The van der Waals surface area contributed by atoms with Crippen LogP contribution in [0.1, 0.15) is 0 Å². The van der Waals surface area contributed by atoms with Gasteiger partial charge in [0.05, 0.1) is 22.1 Å². The van der Waals surface area contributed by atoms with Crippen molar-refractivity contribution in [2.45, 2.75) is 6.36 Å². The van der Waals surface area contributed by atoms with Gasteiger partial charge in [-0.05, 0) is 53.3 Å². The Labute approximate surface area is 208 Å².